The number of hydrogen-bond donors (Lipinski definition) is 0. The first-order chi connectivity index (χ1) is 14.0. The molecule has 0 radical (unpaired) electrons. The maximum Gasteiger partial charge on any atom is 0.344 e. The van der Waals surface area contributed by atoms with Crippen molar-refractivity contribution in [3.8, 4) is 28.6 Å². The lowest BCUT2D eigenvalue weighted by atomic mass is 10.1. The Morgan fingerprint density at radius 1 is 1.00 bits per heavy atom. The minimum absolute atomic E-state index is 0.0622. The number of rotatable bonds is 8. The zero-order valence-corrected chi connectivity index (χ0v) is 17.1. The van der Waals surface area contributed by atoms with Gasteiger partial charge in [0.2, 0.25) is 0 Å². The van der Waals surface area contributed by atoms with Gasteiger partial charge in [-0.05, 0) is 36.4 Å². The molecule has 0 aliphatic heterocycles. The van der Waals surface area contributed by atoms with E-state index in [1.54, 1.807) is 50.6 Å². The smallest absolute Gasteiger partial charge is 0.344 e. The van der Waals surface area contributed by atoms with Crippen LogP contribution >= 0.6 is 23.2 Å². The topological polar surface area (TPSA) is 80.0 Å². The number of methoxy groups -OCH3 is 2. The second kappa shape index (κ2) is 9.54. The van der Waals surface area contributed by atoms with Gasteiger partial charge in [-0.15, -0.1) is 0 Å². The summed E-state index contributed by atoms with van der Waals surface area (Å²) in [4.78, 5) is 11.9. The lowest BCUT2D eigenvalue weighted by Crippen LogP contribution is -2.15. The molecule has 1 heterocycles. The molecular formula is C20H17Cl2NO6. The molecule has 3 aromatic rings. The first-order valence-electron chi connectivity index (χ1n) is 8.41. The van der Waals surface area contributed by atoms with Crippen molar-refractivity contribution < 1.29 is 28.3 Å². The lowest BCUT2D eigenvalue weighted by Gasteiger charge is -2.08. The third kappa shape index (κ3) is 5.34. The molecular weight excluding hydrogens is 421 g/mol. The fraction of sp³-hybridized carbons (Fsp3) is 0.200. The average molecular weight is 438 g/mol. The van der Waals surface area contributed by atoms with Gasteiger partial charge in [-0.1, -0.05) is 28.4 Å². The highest BCUT2D eigenvalue weighted by Gasteiger charge is 2.13. The Kier molecular flexibility index (Phi) is 6.85. The van der Waals surface area contributed by atoms with Gasteiger partial charge in [0, 0.05) is 16.7 Å². The summed E-state index contributed by atoms with van der Waals surface area (Å²) in [6.45, 7) is -0.366. The summed E-state index contributed by atoms with van der Waals surface area (Å²) in [5, 5.41) is 4.68. The fourth-order valence-electron chi connectivity index (χ4n) is 2.43. The van der Waals surface area contributed by atoms with Gasteiger partial charge in [0.1, 0.15) is 18.1 Å². The highest BCUT2D eigenvalue weighted by molar-refractivity contribution is 6.35. The van der Waals surface area contributed by atoms with Gasteiger partial charge in [0.05, 0.1) is 19.2 Å². The minimum atomic E-state index is -0.577. The predicted molar refractivity (Wildman–Crippen MR) is 107 cm³/mol. The minimum Gasteiger partial charge on any atom is -0.493 e. The van der Waals surface area contributed by atoms with Gasteiger partial charge < -0.3 is 23.5 Å². The third-order valence-corrected chi connectivity index (χ3v) is 4.38. The molecule has 9 heteroatoms. The molecule has 7 nitrogen and oxygen atoms in total. The Morgan fingerprint density at radius 2 is 1.76 bits per heavy atom. The number of esters is 1. The Balaban J connectivity index is 1.55. The largest absolute Gasteiger partial charge is 0.493 e. The molecule has 1 aromatic heterocycles. The van der Waals surface area contributed by atoms with Crippen molar-refractivity contribution in [2.75, 3.05) is 20.8 Å². The van der Waals surface area contributed by atoms with E-state index in [-0.39, 0.29) is 13.2 Å². The van der Waals surface area contributed by atoms with Gasteiger partial charge in [0.25, 0.3) is 0 Å². The molecule has 0 bridgehead atoms. The van der Waals surface area contributed by atoms with Crippen LogP contribution in [-0.4, -0.2) is 32.0 Å². The molecule has 0 saturated heterocycles. The zero-order chi connectivity index (χ0) is 20.8. The highest BCUT2D eigenvalue weighted by Crippen LogP contribution is 2.32. The van der Waals surface area contributed by atoms with E-state index in [0.29, 0.717) is 38.7 Å². The van der Waals surface area contributed by atoms with Crippen molar-refractivity contribution in [1.82, 2.24) is 5.16 Å². The van der Waals surface area contributed by atoms with Crippen LogP contribution in [0.2, 0.25) is 10.0 Å². The molecule has 0 spiro atoms. The van der Waals surface area contributed by atoms with Crippen molar-refractivity contribution in [1.29, 1.82) is 0 Å². The van der Waals surface area contributed by atoms with Crippen LogP contribution < -0.4 is 14.2 Å². The van der Waals surface area contributed by atoms with Crippen LogP contribution in [0, 0.1) is 0 Å². The SMILES string of the molecule is COc1ccc(-c2cc(COC(=O)COc3ccc(Cl)cc3Cl)no2)cc1OC. The summed E-state index contributed by atoms with van der Waals surface area (Å²) in [5.41, 5.74) is 1.20. The molecule has 0 saturated carbocycles. The summed E-state index contributed by atoms with van der Waals surface area (Å²) >= 11 is 11.8. The summed E-state index contributed by atoms with van der Waals surface area (Å²) in [6, 6.07) is 11.7. The lowest BCUT2D eigenvalue weighted by molar-refractivity contribution is -0.147. The van der Waals surface area contributed by atoms with E-state index in [9.17, 15) is 4.79 Å². The van der Waals surface area contributed by atoms with Gasteiger partial charge in [-0.3, -0.25) is 0 Å². The summed E-state index contributed by atoms with van der Waals surface area (Å²) < 4.78 is 26.3. The molecule has 0 unspecified atom stereocenters. The monoisotopic (exact) mass is 437 g/mol. The van der Waals surface area contributed by atoms with E-state index in [1.807, 2.05) is 0 Å². The number of ether oxygens (including phenoxy) is 4. The maximum atomic E-state index is 11.9. The van der Waals surface area contributed by atoms with Gasteiger partial charge >= 0.3 is 5.97 Å². The number of nitrogens with zero attached hydrogens (tertiary/aromatic N) is 1. The van der Waals surface area contributed by atoms with Gasteiger partial charge in [-0.25, -0.2) is 4.79 Å². The number of aromatic nitrogens is 1. The number of hydrogen-bond acceptors (Lipinski definition) is 7. The molecule has 0 aliphatic rings. The van der Waals surface area contributed by atoms with E-state index in [4.69, 9.17) is 46.7 Å². The van der Waals surface area contributed by atoms with Gasteiger partial charge in [-0.2, -0.15) is 0 Å². The van der Waals surface area contributed by atoms with Crippen LogP contribution in [0.15, 0.2) is 47.0 Å². The van der Waals surface area contributed by atoms with Crippen LogP contribution in [0.3, 0.4) is 0 Å². The van der Waals surface area contributed by atoms with Crippen molar-refractivity contribution in [2.45, 2.75) is 6.61 Å². The average Bonchev–Trinajstić information content (AvgIpc) is 3.20. The van der Waals surface area contributed by atoms with Crippen LogP contribution in [0.5, 0.6) is 17.2 Å². The maximum absolute atomic E-state index is 11.9. The summed E-state index contributed by atoms with van der Waals surface area (Å²) in [7, 11) is 3.11. The fourth-order valence-corrected chi connectivity index (χ4v) is 2.89. The molecule has 0 amide bonds. The molecule has 2 aromatic carbocycles. The molecule has 0 N–H and O–H groups in total. The van der Waals surface area contributed by atoms with E-state index in [0.717, 1.165) is 5.56 Å². The number of carbonyl (C=O) groups excluding carboxylic acids is 1. The van der Waals surface area contributed by atoms with E-state index >= 15 is 0 Å². The van der Waals surface area contributed by atoms with Crippen molar-refractivity contribution in [3.63, 3.8) is 0 Å². The molecule has 0 atom stereocenters. The quantitative estimate of drug-likeness (QED) is 0.468. The standard InChI is InChI=1S/C20H17Cl2NO6/c1-25-17-5-3-12(7-19(17)26-2)18-9-14(23-29-18)10-28-20(24)11-27-16-6-4-13(21)8-15(16)22/h3-9H,10-11H2,1-2H3. The highest BCUT2D eigenvalue weighted by atomic mass is 35.5. The number of halogens is 2. The van der Waals surface area contributed by atoms with Gasteiger partial charge in [0.15, 0.2) is 23.9 Å². The Hall–Kier alpha value is -2.90. The molecule has 152 valence electrons. The van der Waals surface area contributed by atoms with Crippen LogP contribution in [0.1, 0.15) is 5.69 Å². The van der Waals surface area contributed by atoms with Crippen molar-refractivity contribution >= 4 is 29.2 Å². The van der Waals surface area contributed by atoms with E-state index in [2.05, 4.69) is 5.16 Å². The third-order valence-electron chi connectivity index (χ3n) is 3.85. The first-order valence-corrected chi connectivity index (χ1v) is 9.17. The predicted octanol–water partition coefficient (Wildman–Crippen LogP) is 4.79. The van der Waals surface area contributed by atoms with Crippen molar-refractivity contribution in [3.05, 3.63) is 58.2 Å². The van der Waals surface area contributed by atoms with Crippen LogP contribution in [0.25, 0.3) is 11.3 Å². The molecule has 0 aliphatic carbocycles. The van der Waals surface area contributed by atoms with E-state index in [1.165, 1.54) is 6.07 Å². The molecule has 3 rings (SSSR count). The molecule has 0 fully saturated rings. The Bertz CT molecular complexity index is 1000. The normalized spacial score (nSPS) is 10.5. The molecule has 29 heavy (non-hydrogen) atoms. The second-order valence-electron chi connectivity index (χ2n) is 5.78. The Labute approximate surface area is 177 Å². The van der Waals surface area contributed by atoms with Crippen LogP contribution in [-0.2, 0) is 16.1 Å². The van der Waals surface area contributed by atoms with Crippen LogP contribution in [0.4, 0.5) is 0 Å². The second-order valence-corrected chi connectivity index (χ2v) is 6.62. The number of benzene rings is 2. The zero-order valence-electron chi connectivity index (χ0n) is 15.6. The Morgan fingerprint density at radius 3 is 2.48 bits per heavy atom. The summed E-state index contributed by atoms with van der Waals surface area (Å²) in [6.07, 6.45) is 0. The summed E-state index contributed by atoms with van der Waals surface area (Å²) in [5.74, 6) is 1.43. The van der Waals surface area contributed by atoms with Crippen molar-refractivity contribution in [2.24, 2.45) is 0 Å². The first kappa shape index (κ1) is 20.8. The van der Waals surface area contributed by atoms with E-state index < -0.39 is 5.97 Å². The number of carbonyl (C=O) groups is 1.